The first-order valence-electron chi connectivity index (χ1n) is 33.5. The number of esters is 3. The molecule has 6 heteroatoms. The molecule has 80 heavy (non-hydrogen) atoms. The van der Waals surface area contributed by atoms with Crippen LogP contribution < -0.4 is 0 Å². The lowest BCUT2D eigenvalue weighted by molar-refractivity contribution is -0.167. The Morgan fingerprint density at radius 2 is 0.487 bits per heavy atom. The second-order valence-electron chi connectivity index (χ2n) is 22.0. The molecule has 0 aromatic carbocycles. The van der Waals surface area contributed by atoms with Crippen molar-refractivity contribution >= 4 is 17.9 Å². The summed E-state index contributed by atoms with van der Waals surface area (Å²) in [5.74, 6) is -0.898. The van der Waals surface area contributed by atoms with Crippen molar-refractivity contribution in [3.63, 3.8) is 0 Å². The first-order chi connectivity index (χ1) is 39.5. The maximum atomic E-state index is 12.9. The molecule has 0 aromatic heterocycles. The van der Waals surface area contributed by atoms with Gasteiger partial charge in [-0.25, -0.2) is 0 Å². The molecule has 0 radical (unpaired) electrons. The van der Waals surface area contributed by atoms with E-state index >= 15 is 0 Å². The van der Waals surface area contributed by atoms with Crippen LogP contribution in [-0.2, 0) is 28.6 Å². The molecular weight excluding hydrogens is 985 g/mol. The van der Waals surface area contributed by atoms with Gasteiger partial charge < -0.3 is 14.2 Å². The molecule has 0 N–H and O–H groups in total. The summed E-state index contributed by atoms with van der Waals surface area (Å²) in [4.78, 5) is 38.3. The maximum absolute atomic E-state index is 12.9. The molecule has 0 amide bonds. The molecule has 0 saturated carbocycles. The second kappa shape index (κ2) is 67.3. The van der Waals surface area contributed by atoms with Crippen molar-refractivity contribution in [1.82, 2.24) is 0 Å². The molecule has 1 unspecified atom stereocenters. The van der Waals surface area contributed by atoms with Crippen molar-refractivity contribution in [3.05, 3.63) is 122 Å². The largest absolute Gasteiger partial charge is 0.462 e. The molecule has 0 aliphatic carbocycles. The molecular formula is C74H124O6. The Morgan fingerprint density at radius 1 is 0.263 bits per heavy atom. The van der Waals surface area contributed by atoms with E-state index in [-0.39, 0.29) is 31.1 Å². The summed E-state index contributed by atoms with van der Waals surface area (Å²) in [5.41, 5.74) is 0. The lowest BCUT2D eigenvalue weighted by atomic mass is 10.1. The summed E-state index contributed by atoms with van der Waals surface area (Å²) in [6, 6.07) is 0. The fraction of sp³-hybridized carbons (Fsp3) is 0.689. The van der Waals surface area contributed by atoms with Crippen LogP contribution in [0.2, 0.25) is 0 Å². The van der Waals surface area contributed by atoms with Crippen molar-refractivity contribution in [2.75, 3.05) is 13.2 Å². The number of carbonyl (C=O) groups excluding carboxylic acids is 3. The second-order valence-corrected chi connectivity index (χ2v) is 22.0. The van der Waals surface area contributed by atoms with Crippen LogP contribution in [0.25, 0.3) is 0 Å². The van der Waals surface area contributed by atoms with Crippen LogP contribution >= 0.6 is 0 Å². The summed E-state index contributed by atoms with van der Waals surface area (Å²) in [5, 5.41) is 0. The topological polar surface area (TPSA) is 78.9 Å². The first kappa shape index (κ1) is 75.8. The molecule has 0 aromatic rings. The van der Waals surface area contributed by atoms with Gasteiger partial charge >= 0.3 is 17.9 Å². The summed E-state index contributed by atoms with van der Waals surface area (Å²) in [7, 11) is 0. The van der Waals surface area contributed by atoms with Gasteiger partial charge in [0.05, 0.1) is 0 Å². The van der Waals surface area contributed by atoms with E-state index in [4.69, 9.17) is 14.2 Å². The number of carbonyl (C=O) groups is 3. The van der Waals surface area contributed by atoms with Gasteiger partial charge in [-0.3, -0.25) is 14.4 Å². The van der Waals surface area contributed by atoms with Gasteiger partial charge in [0, 0.05) is 19.3 Å². The third kappa shape index (κ3) is 64.6. The summed E-state index contributed by atoms with van der Waals surface area (Å²) in [6.07, 6.45) is 93.5. The molecule has 0 saturated heterocycles. The highest BCUT2D eigenvalue weighted by atomic mass is 16.6. The zero-order valence-corrected chi connectivity index (χ0v) is 52.3. The lowest BCUT2D eigenvalue weighted by Crippen LogP contribution is -2.30. The van der Waals surface area contributed by atoms with E-state index in [0.29, 0.717) is 19.3 Å². The van der Waals surface area contributed by atoms with Crippen molar-refractivity contribution in [1.29, 1.82) is 0 Å². The summed E-state index contributed by atoms with van der Waals surface area (Å²) < 4.78 is 16.9. The number of hydrogen-bond acceptors (Lipinski definition) is 6. The normalized spacial score (nSPS) is 12.9. The molecule has 0 aliphatic rings. The van der Waals surface area contributed by atoms with Crippen LogP contribution in [-0.4, -0.2) is 37.2 Å². The number of allylic oxidation sites excluding steroid dienone is 20. The van der Waals surface area contributed by atoms with E-state index in [9.17, 15) is 14.4 Å². The minimum atomic E-state index is -0.789. The smallest absolute Gasteiger partial charge is 0.306 e. The predicted molar refractivity (Wildman–Crippen MR) is 348 cm³/mol. The third-order valence-corrected chi connectivity index (χ3v) is 14.2. The average molecular weight is 1110 g/mol. The molecule has 0 spiro atoms. The van der Waals surface area contributed by atoms with Crippen molar-refractivity contribution in [2.24, 2.45) is 0 Å². The molecule has 0 bridgehead atoms. The highest BCUT2D eigenvalue weighted by Crippen LogP contribution is 2.16. The molecule has 0 rings (SSSR count). The predicted octanol–water partition coefficient (Wildman–Crippen LogP) is 23.2. The molecule has 6 nitrogen and oxygen atoms in total. The molecule has 0 fully saturated rings. The Morgan fingerprint density at radius 3 is 0.775 bits per heavy atom. The van der Waals surface area contributed by atoms with Crippen LogP contribution in [0.3, 0.4) is 0 Å². The lowest BCUT2D eigenvalue weighted by Gasteiger charge is -2.18. The highest BCUT2D eigenvalue weighted by Gasteiger charge is 2.19. The Labute approximate surface area is 494 Å². The molecule has 0 heterocycles. The summed E-state index contributed by atoms with van der Waals surface area (Å²) >= 11 is 0. The van der Waals surface area contributed by atoms with Gasteiger partial charge in [0.25, 0.3) is 0 Å². The Balaban J connectivity index is 4.29. The van der Waals surface area contributed by atoms with E-state index in [1.54, 1.807) is 0 Å². The highest BCUT2D eigenvalue weighted by molar-refractivity contribution is 5.71. The monoisotopic (exact) mass is 1110 g/mol. The standard InChI is InChI=1S/C74H124O6/c1-4-7-10-13-16-19-22-25-27-29-31-32-33-34-35-36-37-38-39-40-41-42-44-45-47-49-52-55-58-61-64-67-73(76)79-70-71(69-78-72(75)66-63-60-57-54-51-24-21-18-15-12-9-6-3)80-74(77)68-65-62-59-56-53-50-48-46-43-30-28-26-23-20-17-14-11-8-5-2/h7,10,16-21,25-28,31-32,34-35,37-38,40-41,71H,4-6,8-9,11-15,22-24,29-30,33,36,39,42-70H2,1-3H3/b10-7-,19-16-,20-17-,21-18-,27-25-,28-26-,32-31-,35-34-,38-37-,41-40-. The zero-order chi connectivity index (χ0) is 57.8. The van der Waals surface area contributed by atoms with Gasteiger partial charge in [-0.15, -0.1) is 0 Å². The number of hydrogen-bond donors (Lipinski definition) is 0. The van der Waals surface area contributed by atoms with Crippen molar-refractivity contribution < 1.29 is 28.6 Å². The van der Waals surface area contributed by atoms with E-state index in [1.165, 1.54) is 148 Å². The Bertz CT molecular complexity index is 1650. The molecule has 0 aliphatic heterocycles. The van der Waals surface area contributed by atoms with Gasteiger partial charge in [-0.05, 0) is 135 Å². The fourth-order valence-corrected chi connectivity index (χ4v) is 9.15. The van der Waals surface area contributed by atoms with Crippen LogP contribution in [0.4, 0.5) is 0 Å². The third-order valence-electron chi connectivity index (χ3n) is 14.2. The van der Waals surface area contributed by atoms with Gasteiger partial charge in [0.15, 0.2) is 6.10 Å². The maximum Gasteiger partial charge on any atom is 0.306 e. The van der Waals surface area contributed by atoms with Crippen LogP contribution in [0.5, 0.6) is 0 Å². The van der Waals surface area contributed by atoms with E-state index in [0.717, 1.165) is 122 Å². The van der Waals surface area contributed by atoms with Gasteiger partial charge in [-0.2, -0.15) is 0 Å². The Hall–Kier alpha value is -4.19. The minimum absolute atomic E-state index is 0.0863. The van der Waals surface area contributed by atoms with Crippen molar-refractivity contribution in [3.8, 4) is 0 Å². The van der Waals surface area contributed by atoms with E-state index in [1.807, 2.05) is 0 Å². The van der Waals surface area contributed by atoms with Crippen molar-refractivity contribution in [2.45, 2.75) is 316 Å². The van der Waals surface area contributed by atoms with Crippen LogP contribution in [0, 0.1) is 0 Å². The van der Waals surface area contributed by atoms with E-state index < -0.39 is 6.10 Å². The molecule has 456 valence electrons. The quantitative estimate of drug-likeness (QED) is 0.0261. The van der Waals surface area contributed by atoms with Gasteiger partial charge in [-0.1, -0.05) is 277 Å². The van der Waals surface area contributed by atoms with Crippen LogP contribution in [0.15, 0.2) is 122 Å². The number of unbranched alkanes of at least 4 members (excludes halogenated alkanes) is 29. The van der Waals surface area contributed by atoms with Gasteiger partial charge in [0.1, 0.15) is 13.2 Å². The Kier molecular flexibility index (Phi) is 63.8. The SMILES string of the molecule is CC/C=C\C/C=C\C/C=C\C/C=C\C/C=C\C/C=C\C/C=C\CCCCCCCCCCCC(=O)OCC(COC(=O)CCCCCCC/C=C\CCCCC)OC(=O)CCCCCCCCCCC/C=C\C/C=C\CCCCC. The fourth-order valence-electron chi connectivity index (χ4n) is 9.15. The minimum Gasteiger partial charge on any atom is -0.462 e. The number of ether oxygens (including phenoxy) is 3. The zero-order valence-electron chi connectivity index (χ0n) is 52.3. The van der Waals surface area contributed by atoms with Crippen LogP contribution in [0.1, 0.15) is 310 Å². The molecule has 1 atom stereocenters. The van der Waals surface area contributed by atoms with Gasteiger partial charge in [0.2, 0.25) is 0 Å². The number of rotatable bonds is 60. The first-order valence-corrected chi connectivity index (χ1v) is 33.5. The average Bonchev–Trinajstić information content (AvgIpc) is 3.46. The van der Waals surface area contributed by atoms with E-state index in [2.05, 4.69) is 142 Å². The summed E-state index contributed by atoms with van der Waals surface area (Å²) in [6.45, 7) is 6.48.